The fraction of sp³-hybridized carbons (Fsp3) is 0.0909. The number of imidazole rings is 1. The molecule has 0 fully saturated rings. The van der Waals surface area contributed by atoms with Crippen LogP contribution in [0.4, 0.5) is 5.69 Å². The van der Waals surface area contributed by atoms with Gasteiger partial charge in [0, 0.05) is 37.1 Å². The molecule has 0 saturated heterocycles. The van der Waals surface area contributed by atoms with Crippen molar-refractivity contribution in [2.75, 3.05) is 0 Å². The maximum Gasteiger partial charge on any atom is 0.270 e. The molecule has 0 unspecified atom stereocenters. The third-order valence-corrected chi connectivity index (χ3v) is 2.46. The highest BCUT2D eigenvalue weighted by Crippen LogP contribution is 2.16. The summed E-state index contributed by atoms with van der Waals surface area (Å²) in [4.78, 5) is 14.2. The zero-order valence-electron chi connectivity index (χ0n) is 9.52. The van der Waals surface area contributed by atoms with Crippen LogP contribution in [0.2, 0.25) is 0 Å². The number of aryl methyl sites for hydroxylation is 1. The van der Waals surface area contributed by atoms with Gasteiger partial charge in [0.15, 0.2) is 11.5 Å². The Balaban J connectivity index is 2.50. The molecule has 0 bridgehead atoms. The van der Waals surface area contributed by atoms with Crippen LogP contribution in [0.1, 0.15) is 11.4 Å². The Labute approximate surface area is 102 Å². The zero-order valence-corrected chi connectivity index (χ0v) is 9.52. The largest absolute Gasteiger partial charge is 0.410 e. The van der Waals surface area contributed by atoms with Crippen molar-refractivity contribution >= 4 is 11.4 Å². The van der Waals surface area contributed by atoms with Crippen LogP contribution in [0, 0.1) is 10.1 Å². The van der Waals surface area contributed by atoms with Crippen LogP contribution < -0.4 is 0 Å². The van der Waals surface area contributed by atoms with Crippen LogP contribution in [0.25, 0.3) is 0 Å². The van der Waals surface area contributed by atoms with E-state index in [1.165, 1.54) is 18.2 Å². The van der Waals surface area contributed by atoms with E-state index in [2.05, 4.69) is 10.1 Å². The summed E-state index contributed by atoms with van der Waals surface area (Å²) in [5, 5.41) is 22.9. The Morgan fingerprint density at radius 1 is 1.56 bits per heavy atom. The van der Waals surface area contributed by atoms with E-state index < -0.39 is 4.92 Å². The van der Waals surface area contributed by atoms with Gasteiger partial charge in [-0.3, -0.25) is 10.1 Å². The van der Waals surface area contributed by atoms with Crippen LogP contribution >= 0.6 is 0 Å². The minimum absolute atomic E-state index is 0.0668. The van der Waals surface area contributed by atoms with E-state index in [1.807, 2.05) is 0 Å². The SMILES string of the molecule is Cn1ccnc1C(=NO)c1cccc([N+](=O)[O-])c1. The molecule has 1 N–H and O–H groups in total. The molecule has 1 aromatic carbocycles. The van der Waals surface area contributed by atoms with Crippen molar-refractivity contribution in [1.82, 2.24) is 9.55 Å². The lowest BCUT2D eigenvalue weighted by molar-refractivity contribution is -0.384. The summed E-state index contributed by atoms with van der Waals surface area (Å²) < 4.78 is 1.66. The lowest BCUT2D eigenvalue weighted by atomic mass is 10.1. The minimum atomic E-state index is -0.503. The maximum absolute atomic E-state index is 10.7. The number of oxime groups is 1. The summed E-state index contributed by atoms with van der Waals surface area (Å²) in [5.74, 6) is 0.429. The Kier molecular flexibility index (Phi) is 3.05. The molecule has 7 heteroatoms. The predicted octanol–water partition coefficient (Wildman–Crippen LogP) is 1.55. The molecule has 1 aromatic heterocycles. The third kappa shape index (κ3) is 2.05. The van der Waals surface area contributed by atoms with Gasteiger partial charge in [0.1, 0.15) is 0 Å². The Morgan fingerprint density at radius 3 is 2.89 bits per heavy atom. The fourth-order valence-electron chi connectivity index (χ4n) is 1.59. The molecule has 0 saturated carbocycles. The van der Waals surface area contributed by atoms with Gasteiger partial charge >= 0.3 is 0 Å². The highest BCUT2D eigenvalue weighted by molar-refractivity contribution is 6.10. The van der Waals surface area contributed by atoms with Crippen LogP contribution in [0.3, 0.4) is 0 Å². The average Bonchev–Trinajstić information content (AvgIpc) is 2.77. The zero-order chi connectivity index (χ0) is 13.1. The molecule has 2 rings (SSSR count). The highest BCUT2D eigenvalue weighted by Gasteiger charge is 2.15. The number of benzene rings is 1. The van der Waals surface area contributed by atoms with Crippen molar-refractivity contribution in [3.63, 3.8) is 0 Å². The van der Waals surface area contributed by atoms with Gasteiger partial charge in [0.05, 0.1) is 4.92 Å². The monoisotopic (exact) mass is 246 g/mol. The van der Waals surface area contributed by atoms with Crippen LogP contribution in [-0.4, -0.2) is 25.4 Å². The Bertz CT molecular complexity index is 618. The fourth-order valence-corrected chi connectivity index (χ4v) is 1.59. The molecule has 7 nitrogen and oxygen atoms in total. The molecule has 18 heavy (non-hydrogen) atoms. The van der Waals surface area contributed by atoms with Gasteiger partial charge in [-0.1, -0.05) is 17.3 Å². The van der Waals surface area contributed by atoms with Gasteiger partial charge in [-0.2, -0.15) is 0 Å². The quantitative estimate of drug-likeness (QED) is 0.385. The number of rotatable bonds is 3. The van der Waals surface area contributed by atoms with E-state index in [-0.39, 0.29) is 11.4 Å². The molecule has 0 aliphatic heterocycles. The van der Waals surface area contributed by atoms with E-state index in [0.29, 0.717) is 11.4 Å². The minimum Gasteiger partial charge on any atom is -0.410 e. The van der Waals surface area contributed by atoms with E-state index in [4.69, 9.17) is 5.21 Å². The van der Waals surface area contributed by atoms with E-state index >= 15 is 0 Å². The van der Waals surface area contributed by atoms with Crippen LogP contribution in [0.15, 0.2) is 41.8 Å². The lowest BCUT2D eigenvalue weighted by Gasteiger charge is -2.04. The van der Waals surface area contributed by atoms with E-state index in [1.54, 1.807) is 30.1 Å². The van der Waals surface area contributed by atoms with Crippen molar-refractivity contribution in [3.05, 3.63) is 58.2 Å². The second-order valence-corrected chi connectivity index (χ2v) is 3.62. The molecule has 92 valence electrons. The van der Waals surface area contributed by atoms with Gasteiger partial charge in [0.25, 0.3) is 5.69 Å². The van der Waals surface area contributed by atoms with Gasteiger partial charge in [-0.15, -0.1) is 0 Å². The van der Waals surface area contributed by atoms with Crippen molar-refractivity contribution in [3.8, 4) is 0 Å². The number of hydrogen-bond donors (Lipinski definition) is 1. The van der Waals surface area contributed by atoms with E-state index in [9.17, 15) is 10.1 Å². The first-order valence-electron chi connectivity index (χ1n) is 5.08. The first-order valence-corrected chi connectivity index (χ1v) is 5.08. The molecule has 0 aliphatic rings. The van der Waals surface area contributed by atoms with Crippen molar-refractivity contribution < 1.29 is 10.1 Å². The maximum atomic E-state index is 10.7. The number of nitro benzene ring substituents is 1. The smallest absolute Gasteiger partial charge is 0.270 e. The third-order valence-electron chi connectivity index (χ3n) is 2.46. The van der Waals surface area contributed by atoms with Crippen LogP contribution in [0.5, 0.6) is 0 Å². The number of nitrogens with zero attached hydrogens (tertiary/aromatic N) is 4. The number of nitro groups is 1. The van der Waals surface area contributed by atoms with Gasteiger partial charge < -0.3 is 9.77 Å². The van der Waals surface area contributed by atoms with Gasteiger partial charge in [0.2, 0.25) is 0 Å². The topological polar surface area (TPSA) is 93.5 Å². The first kappa shape index (κ1) is 11.8. The molecular weight excluding hydrogens is 236 g/mol. The van der Waals surface area contributed by atoms with Crippen molar-refractivity contribution in [2.24, 2.45) is 12.2 Å². The lowest BCUT2D eigenvalue weighted by Crippen LogP contribution is -2.10. The summed E-state index contributed by atoms with van der Waals surface area (Å²) in [7, 11) is 1.74. The molecule has 1 heterocycles. The van der Waals surface area contributed by atoms with Gasteiger partial charge in [-0.25, -0.2) is 4.98 Å². The second-order valence-electron chi connectivity index (χ2n) is 3.62. The number of non-ortho nitro benzene ring substituents is 1. The molecule has 0 atom stereocenters. The van der Waals surface area contributed by atoms with Crippen LogP contribution in [-0.2, 0) is 7.05 Å². The standard InChI is InChI=1S/C11H10N4O3/c1-14-6-5-12-11(14)10(13-16)8-3-2-4-9(7-8)15(17)18/h2-7,16H,1H3. The number of hydrogen-bond acceptors (Lipinski definition) is 5. The summed E-state index contributed by atoms with van der Waals surface area (Å²) >= 11 is 0. The molecule has 0 radical (unpaired) electrons. The van der Waals surface area contributed by atoms with Crippen molar-refractivity contribution in [2.45, 2.75) is 0 Å². The average molecular weight is 246 g/mol. The highest BCUT2D eigenvalue weighted by atomic mass is 16.6. The Hall–Kier alpha value is -2.70. The van der Waals surface area contributed by atoms with Gasteiger partial charge in [-0.05, 0) is 0 Å². The molecule has 2 aromatic rings. The summed E-state index contributed by atoms with van der Waals surface area (Å²) in [5.41, 5.74) is 0.551. The molecule has 0 aliphatic carbocycles. The summed E-state index contributed by atoms with van der Waals surface area (Å²) in [6, 6.07) is 5.86. The Morgan fingerprint density at radius 2 is 2.33 bits per heavy atom. The molecule has 0 spiro atoms. The van der Waals surface area contributed by atoms with E-state index in [0.717, 1.165) is 0 Å². The number of aromatic nitrogens is 2. The molecule has 0 amide bonds. The first-order chi connectivity index (χ1) is 8.63. The predicted molar refractivity (Wildman–Crippen MR) is 63.7 cm³/mol. The van der Waals surface area contributed by atoms with Crippen molar-refractivity contribution in [1.29, 1.82) is 0 Å². The molecular formula is C11H10N4O3. The normalized spacial score (nSPS) is 11.5. The summed E-state index contributed by atoms with van der Waals surface area (Å²) in [6.45, 7) is 0. The summed E-state index contributed by atoms with van der Waals surface area (Å²) in [6.07, 6.45) is 3.25. The second kappa shape index (κ2) is 4.66.